The summed E-state index contributed by atoms with van der Waals surface area (Å²) in [4.78, 5) is 4.23. The predicted molar refractivity (Wildman–Crippen MR) is 67.1 cm³/mol. The number of amidine groups is 1. The Morgan fingerprint density at radius 2 is 1.94 bits per heavy atom. The molecule has 0 aromatic carbocycles. The highest BCUT2D eigenvalue weighted by atomic mass is 32.2. The third-order valence-corrected chi connectivity index (χ3v) is 3.61. The lowest BCUT2D eigenvalue weighted by atomic mass is 9.87. The summed E-state index contributed by atoms with van der Waals surface area (Å²) >= 11 is 0. The van der Waals surface area contributed by atoms with Gasteiger partial charge in [0.15, 0.2) is 0 Å². The van der Waals surface area contributed by atoms with Gasteiger partial charge in [-0.05, 0) is 19.3 Å². The molecule has 0 aromatic rings. The lowest BCUT2D eigenvalue weighted by Gasteiger charge is -2.20. The summed E-state index contributed by atoms with van der Waals surface area (Å²) < 4.78 is 24.2. The maximum atomic E-state index is 10.9. The molecule has 0 unspecified atom stereocenters. The van der Waals surface area contributed by atoms with Crippen molar-refractivity contribution in [2.45, 2.75) is 45.4 Å². The minimum Gasteiger partial charge on any atom is -0.272 e. The van der Waals surface area contributed by atoms with Crippen molar-refractivity contribution in [3.05, 3.63) is 0 Å². The summed E-state index contributed by atoms with van der Waals surface area (Å²) in [6.07, 6.45) is 8.91. The van der Waals surface area contributed by atoms with E-state index in [-0.39, 0.29) is 0 Å². The first kappa shape index (κ1) is 13.5. The van der Waals surface area contributed by atoms with Crippen molar-refractivity contribution in [2.24, 2.45) is 10.9 Å². The number of rotatable bonds is 4. The number of aliphatic imine (C=N–C) groups is 1. The normalized spacial score (nSPS) is 19.8. The second kappa shape index (κ2) is 6.23. The average molecular weight is 246 g/mol. The maximum Gasteiger partial charge on any atom is 0.230 e. The van der Waals surface area contributed by atoms with Gasteiger partial charge in [0.25, 0.3) is 0 Å². The van der Waals surface area contributed by atoms with Crippen molar-refractivity contribution in [1.29, 1.82) is 0 Å². The predicted octanol–water partition coefficient (Wildman–Crippen LogP) is 1.92. The van der Waals surface area contributed by atoms with Gasteiger partial charge in [-0.2, -0.15) is 0 Å². The molecule has 0 amide bonds. The summed E-state index contributed by atoms with van der Waals surface area (Å²) in [7, 11) is -3.16. The molecule has 5 heteroatoms. The highest BCUT2D eigenvalue weighted by Gasteiger charge is 2.12. The Bertz CT molecular complexity index is 330. The smallest absolute Gasteiger partial charge is 0.230 e. The van der Waals surface area contributed by atoms with Crippen LogP contribution in [-0.4, -0.2) is 27.1 Å². The Morgan fingerprint density at radius 1 is 1.31 bits per heavy atom. The van der Waals surface area contributed by atoms with Crippen molar-refractivity contribution in [2.75, 3.05) is 12.8 Å². The number of sulfonamides is 1. The van der Waals surface area contributed by atoms with Gasteiger partial charge >= 0.3 is 0 Å². The van der Waals surface area contributed by atoms with Crippen LogP contribution in [0.2, 0.25) is 0 Å². The molecular weight excluding hydrogens is 224 g/mol. The van der Waals surface area contributed by atoms with Gasteiger partial charge in [-0.3, -0.25) is 9.71 Å². The van der Waals surface area contributed by atoms with E-state index in [9.17, 15) is 8.42 Å². The van der Waals surface area contributed by atoms with Gasteiger partial charge in [0.1, 0.15) is 5.84 Å². The molecule has 0 aliphatic heterocycles. The molecule has 1 saturated carbocycles. The van der Waals surface area contributed by atoms with Crippen molar-refractivity contribution >= 4 is 15.9 Å². The molecule has 1 N–H and O–H groups in total. The van der Waals surface area contributed by atoms with Crippen molar-refractivity contribution in [3.8, 4) is 0 Å². The van der Waals surface area contributed by atoms with E-state index in [0.29, 0.717) is 5.84 Å². The van der Waals surface area contributed by atoms with E-state index >= 15 is 0 Å². The number of nitrogens with zero attached hydrogens (tertiary/aromatic N) is 1. The molecule has 0 saturated heterocycles. The highest BCUT2D eigenvalue weighted by Crippen LogP contribution is 2.25. The molecule has 16 heavy (non-hydrogen) atoms. The van der Waals surface area contributed by atoms with Gasteiger partial charge < -0.3 is 0 Å². The molecule has 1 rings (SSSR count). The Kier molecular flexibility index (Phi) is 5.25. The van der Waals surface area contributed by atoms with Gasteiger partial charge in [-0.15, -0.1) is 0 Å². The minimum atomic E-state index is -3.16. The van der Waals surface area contributed by atoms with Gasteiger partial charge in [-0.1, -0.05) is 32.1 Å². The Balaban J connectivity index is 2.24. The summed E-state index contributed by atoms with van der Waals surface area (Å²) in [6, 6.07) is 0. The maximum absolute atomic E-state index is 10.9. The standard InChI is InChI=1S/C11H22N2O2S/c1-10(13-16(2,14)15)12-9-8-11-6-4-3-5-7-11/h11H,3-9H2,1-2H3,(H,12,13). The molecular formula is C11H22N2O2S. The monoisotopic (exact) mass is 246 g/mol. The van der Waals surface area contributed by atoms with Gasteiger partial charge in [0, 0.05) is 6.54 Å². The fourth-order valence-electron chi connectivity index (χ4n) is 2.19. The number of hydrogen-bond acceptors (Lipinski definition) is 3. The van der Waals surface area contributed by atoms with Crippen LogP contribution in [0.4, 0.5) is 0 Å². The number of nitrogens with one attached hydrogen (secondary N) is 1. The average Bonchev–Trinajstić information content (AvgIpc) is 2.16. The van der Waals surface area contributed by atoms with E-state index < -0.39 is 10.0 Å². The fourth-order valence-corrected chi connectivity index (χ4v) is 2.79. The first-order valence-corrected chi connectivity index (χ1v) is 7.85. The zero-order chi connectivity index (χ0) is 12.0. The zero-order valence-electron chi connectivity index (χ0n) is 10.2. The third-order valence-electron chi connectivity index (χ3n) is 2.94. The van der Waals surface area contributed by atoms with E-state index in [2.05, 4.69) is 9.71 Å². The molecule has 0 bridgehead atoms. The second-order valence-electron chi connectivity index (χ2n) is 4.63. The largest absolute Gasteiger partial charge is 0.272 e. The first-order chi connectivity index (χ1) is 7.47. The van der Waals surface area contributed by atoms with Crippen molar-refractivity contribution in [3.63, 3.8) is 0 Å². The topological polar surface area (TPSA) is 58.5 Å². The van der Waals surface area contributed by atoms with Crippen LogP contribution in [-0.2, 0) is 10.0 Å². The lowest BCUT2D eigenvalue weighted by Crippen LogP contribution is -2.27. The zero-order valence-corrected chi connectivity index (χ0v) is 11.0. The van der Waals surface area contributed by atoms with Crippen molar-refractivity contribution in [1.82, 2.24) is 4.72 Å². The summed E-state index contributed by atoms with van der Waals surface area (Å²) in [5, 5.41) is 0. The van der Waals surface area contributed by atoms with Crippen molar-refractivity contribution < 1.29 is 8.42 Å². The highest BCUT2D eigenvalue weighted by molar-refractivity contribution is 7.89. The summed E-state index contributed by atoms with van der Waals surface area (Å²) in [6.45, 7) is 2.43. The second-order valence-corrected chi connectivity index (χ2v) is 6.38. The van der Waals surface area contributed by atoms with Crippen LogP contribution < -0.4 is 4.72 Å². The molecule has 1 aliphatic rings. The Morgan fingerprint density at radius 3 is 2.50 bits per heavy atom. The molecule has 0 aromatic heterocycles. The van der Waals surface area contributed by atoms with Crippen LogP contribution in [0.25, 0.3) is 0 Å². The molecule has 0 heterocycles. The Labute approximate surface area is 98.6 Å². The SMILES string of the molecule is CC(=NCCC1CCCCC1)NS(C)(=O)=O. The van der Waals surface area contributed by atoms with Gasteiger partial charge in [0.2, 0.25) is 10.0 Å². The van der Waals surface area contributed by atoms with E-state index in [4.69, 9.17) is 0 Å². The molecule has 4 nitrogen and oxygen atoms in total. The molecule has 94 valence electrons. The number of hydrogen-bond donors (Lipinski definition) is 1. The molecule has 0 radical (unpaired) electrons. The van der Waals surface area contributed by atoms with Crippen LogP contribution in [0.5, 0.6) is 0 Å². The fraction of sp³-hybridized carbons (Fsp3) is 0.909. The summed E-state index contributed by atoms with van der Waals surface area (Å²) in [5.41, 5.74) is 0. The van der Waals surface area contributed by atoms with Crippen LogP contribution in [0.15, 0.2) is 4.99 Å². The summed E-state index contributed by atoms with van der Waals surface area (Å²) in [5.74, 6) is 1.29. The Hall–Kier alpha value is -0.580. The van der Waals surface area contributed by atoms with Gasteiger partial charge in [0.05, 0.1) is 6.26 Å². The van der Waals surface area contributed by atoms with Crippen LogP contribution in [0, 0.1) is 5.92 Å². The lowest BCUT2D eigenvalue weighted by molar-refractivity contribution is 0.343. The quantitative estimate of drug-likeness (QED) is 0.608. The molecule has 1 aliphatic carbocycles. The van der Waals surface area contributed by atoms with E-state index in [1.807, 2.05) is 0 Å². The third kappa shape index (κ3) is 6.10. The van der Waals surface area contributed by atoms with Crippen LogP contribution >= 0.6 is 0 Å². The van der Waals surface area contributed by atoms with Gasteiger partial charge in [-0.25, -0.2) is 8.42 Å². The first-order valence-electron chi connectivity index (χ1n) is 5.96. The minimum absolute atomic E-state index is 0.498. The van der Waals surface area contributed by atoms with E-state index in [1.54, 1.807) is 6.92 Å². The molecule has 1 fully saturated rings. The molecule has 0 atom stereocenters. The molecule has 0 spiro atoms. The van der Waals surface area contributed by atoms with E-state index in [0.717, 1.165) is 25.1 Å². The van der Waals surface area contributed by atoms with Crippen LogP contribution in [0.1, 0.15) is 45.4 Å². The van der Waals surface area contributed by atoms with Crippen LogP contribution in [0.3, 0.4) is 0 Å². The van der Waals surface area contributed by atoms with E-state index in [1.165, 1.54) is 32.1 Å².